The van der Waals surface area contributed by atoms with E-state index < -0.39 is 0 Å². The summed E-state index contributed by atoms with van der Waals surface area (Å²) < 4.78 is 0. The molecule has 16 heavy (non-hydrogen) atoms. The van der Waals surface area contributed by atoms with Crippen molar-refractivity contribution in [2.45, 2.75) is 57.5 Å². The van der Waals surface area contributed by atoms with Crippen molar-refractivity contribution in [1.82, 2.24) is 0 Å². The molecule has 1 saturated carbocycles. The second-order valence-corrected chi connectivity index (χ2v) is 5.98. The predicted molar refractivity (Wildman–Crippen MR) is 67.7 cm³/mol. The van der Waals surface area contributed by atoms with E-state index in [1.165, 1.54) is 11.1 Å². The van der Waals surface area contributed by atoms with Gasteiger partial charge < -0.3 is 5.11 Å². The standard InChI is InChI=1S/C15H22O/c1-15(2,3)12-9-7-11(8-10-12)13-5-4-6-14(13)16/h7-10,13-14,16H,4-6H2,1-3H3/t13-,14-/m0/s1. The average molecular weight is 218 g/mol. The van der Waals surface area contributed by atoms with E-state index in [0.717, 1.165) is 19.3 Å². The SMILES string of the molecule is CC(C)(C)c1ccc([C@@H]2CCC[C@@H]2O)cc1. The fraction of sp³-hybridized carbons (Fsp3) is 0.600. The molecule has 2 rings (SSSR count). The molecule has 0 radical (unpaired) electrons. The van der Waals surface area contributed by atoms with E-state index >= 15 is 0 Å². The maximum atomic E-state index is 9.87. The lowest BCUT2D eigenvalue weighted by molar-refractivity contribution is 0.164. The van der Waals surface area contributed by atoms with Crippen LogP contribution in [-0.2, 0) is 5.41 Å². The van der Waals surface area contributed by atoms with Crippen LogP contribution in [0.2, 0.25) is 0 Å². The monoisotopic (exact) mass is 218 g/mol. The fourth-order valence-electron chi connectivity index (χ4n) is 2.56. The van der Waals surface area contributed by atoms with Crippen LogP contribution in [0.5, 0.6) is 0 Å². The first-order valence-corrected chi connectivity index (χ1v) is 6.27. The van der Waals surface area contributed by atoms with E-state index in [1.807, 2.05) is 0 Å². The molecule has 0 bridgehead atoms. The molecule has 0 heterocycles. The first kappa shape index (κ1) is 11.7. The third-order valence-corrected chi connectivity index (χ3v) is 3.68. The van der Waals surface area contributed by atoms with Crippen LogP contribution in [0.4, 0.5) is 0 Å². The molecule has 88 valence electrons. The van der Waals surface area contributed by atoms with Gasteiger partial charge in [-0.2, -0.15) is 0 Å². The van der Waals surface area contributed by atoms with Gasteiger partial charge in [-0.15, -0.1) is 0 Å². The van der Waals surface area contributed by atoms with Gasteiger partial charge in [0.15, 0.2) is 0 Å². The van der Waals surface area contributed by atoms with Gasteiger partial charge >= 0.3 is 0 Å². The minimum Gasteiger partial charge on any atom is -0.392 e. The van der Waals surface area contributed by atoms with Crippen LogP contribution in [0.3, 0.4) is 0 Å². The van der Waals surface area contributed by atoms with Gasteiger partial charge in [-0.25, -0.2) is 0 Å². The van der Waals surface area contributed by atoms with Crippen molar-refractivity contribution < 1.29 is 5.11 Å². The number of hydrogen-bond donors (Lipinski definition) is 1. The number of hydrogen-bond acceptors (Lipinski definition) is 1. The van der Waals surface area contributed by atoms with Crippen molar-refractivity contribution >= 4 is 0 Å². The van der Waals surface area contributed by atoms with Gasteiger partial charge in [-0.05, 0) is 29.4 Å². The van der Waals surface area contributed by atoms with Crippen LogP contribution in [0.1, 0.15) is 57.1 Å². The zero-order valence-electron chi connectivity index (χ0n) is 10.5. The molecule has 1 aromatic rings. The smallest absolute Gasteiger partial charge is 0.0608 e. The van der Waals surface area contributed by atoms with Gasteiger partial charge in [0.25, 0.3) is 0 Å². The highest BCUT2D eigenvalue weighted by Gasteiger charge is 2.26. The lowest BCUT2D eigenvalue weighted by atomic mass is 9.85. The lowest BCUT2D eigenvalue weighted by Crippen LogP contribution is -2.13. The summed E-state index contributed by atoms with van der Waals surface area (Å²) in [5, 5.41) is 9.87. The summed E-state index contributed by atoms with van der Waals surface area (Å²) in [7, 11) is 0. The highest BCUT2D eigenvalue weighted by atomic mass is 16.3. The summed E-state index contributed by atoms with van der Waals surface area (Å²) in [6.45, 7) is 6.69. The first-order valence-electron chi connectivity index (χ1n) is 6.27. The molecule has 0 aromatic heterocycles. The van der Waals surface area contributed by atoms with Crippen molar-refractivity contribution in [2.75, 3.05) is 0 Å². The molecule has 0 saturated heterocycles. The topological polar surface area (TPSA) is 20.2 Å². The Morgan fingerprint density at radius 3 is 2.12 bits per heavy atom. The zero-order valence-corrected chi connectivity index (χ0v) is 10.5. The lowest BCUT2D eigenvalue weighted by Gasteiger charge is -2.21. The Balaban J connectivity index is 2.19. The van der Waals surface area contributed by atoms with Crippen molar-refractivity contribution in [3.63, 3.8) is 0 Å². The van der Waals surface area contributed by atoms with E-state index in [4.69, 9.17) is 0 Å². The first-order chi connectivity index (χ1) is 7.48. The fourth-order valence-corrected chi connectivity index (χ4v) is 2.56. The van der Waals surface area contributed by atoms with E-state index in [9.17, 15) is 5.11 Å². The van der Waals surface area contributed by atoms with E-state index in [2.05, 4.69) is 45.0 Å². The highest BCUT2D eigenvalue weighted by molar-refractivity contribution is 5.30. The summed E-state index contributed by atoms with van der Waals surface area (Å²) >= 11 is 0. The molecule has 1 aromatic carbocycles. The summed E-state index contributed by atoms with van der Waals surface area (Å²) in [6, 6.07) is 8.81. The Morgan fingerprint density at radius 2 is 1.69 bits per heavy atom. The third-order valence-electron chi connectivity index (χ3n) is 3.68. The zero-order chi connectivity index (χ0) is 11.8. The second-order valence-electron chi connectivity index (χ2n) is 5.98. The van der Waals surface area contributed by atoms with E-state index in [1.54, 1.807) is 0 Å². The van der Waals surface area contributed by atoms with Crippen LogP contribution in [-0.4, -0.2) is 11.2 Å². The van der Waals surface area contributed by atoms with Gasteiger partial charge in [0.05, 0.1) is 6.10 Å². The van der Waals surface area contributed by atoms with Crippen molar-refractivity contribution in [2.24, 2.45) is 0 Å². The Bertz CT molecular complexity index is 345. The quantitative estimate of drug-likeness (QED) is 0.763. The molecule has 2 atom stereocenters. The molecule has 0 aliphatic heterocycles. The molecular formula is C15H22O. The van der Waals surface area contributed by atoms with Gasteiger partial charge in [-0.3, -0.25) is 0 Å². The second kappa shape index (κ2) is 4.21. The average Bonchev–Trinajstić information content (AvgIpc) is 2.63. The van der Waals surface area contributed by atoms with Crippen molar-refractivity contribution in [3.05, 3.63) is 35.4 Å². The summed E-state index contributed by atoms with van der Waals surface area (Å²) in [5.74, 6) is 0.369. The Kier molecular flexibility index (Phi) is 3.07. The Morgan fingerprint density at radius 1 is 1.06 bits per heavy atom. The van der Waals surface area contributed by atoms with Gasteiger partial charge in [0.1, 0.15) is 0 Å². The molecule has 1 aliphatic rings. The van der Waals surface area contributed by atoms with Gasteiger partial charge in [0.2, 0.25) is 0 Å². The number of rotatable bonds is 1. The normalized spacial score (nSPS) is 26.0. The molecule has 1 fully saturated rings. The van der Waals surface area contributed by atoms with Crippen LogP contribution in [0, 0.1) is 0 Å². The highest BCUT2D eigenvalue weighted by Crippen LogP contribution is 2.35. The van der Waals surface area contributed by atoms with Gasteiger partial charge in [0, 0.05) is 5.92 Å². The molecule has 0 amide bonds. The summed E-state index contributed by atoms with van der Waals surface area (Å²) in [6.07, 6.45) is 3.13. The van der Waals surface area contributed by atoms with E-state index in [0.29, 0.717) is 5.92 Å². The third kappa shape index (κ3) is 2.30. The molecule has 1 heteroatoms. The molecule has 0 unspecified atom stereocenters. The van der Waals surface area contributed by atoms with Crippen LogP contribution >= 0.6 is 0 Å². The van der Waals surface area contributed by atoms with Crippen molar-refractivity contribution in [3.8, 4) is 0 Å². The largest absolute Gasteiger partial charge is 0.392 e. The van der Waals surface area contributed by atoms with Crippen LogP contribution in [0.25, 0.3) is 0 Å². The Hall–Kier alpha value is -0.820. The van der Waals surface area contributed by atoms with Gasteiger partial charge in [-0.1, -0.05) is 51.5 Å². The summed E-state index contributed by atoms with van der Waals surface area (Å²) in [5.41, 5.74) is 2.88. The molecule has 1 nitrogen and oxygen atoms in total. The molecular weight excluding hydrogens is 196 g/mol. The maximum absolute atomic E-state index is 9.87. The molecule has 1 aliphatic carbocycles. The maximum Gasteiger partial charge on any atom is 0.0608 e. The van der Waals surface area contributed by atoms with E-state index in [-0.39, 0.29) is 11.5 Å². The van der Waals surface area contributed by atoms with Crippen LogP contribution < -0.4 is 0 Å². The summed E-state index contributed by atoms with van der Waals surface area (Å²) in [4.78, 5) is 0. The number of aliphatic hydroxyl groups excluding tert-OH is 1. The minimum absolute atomic E-state index is 0.125. The predicted octanol–water partition coefficient (Wildman–Crippen LogP) is 3.61. The number of benzene rings is 1. The van der Waals surface area contributed by atoms with Crippen LogP contribution in [0.15, 0.2) is 24.3 Å². The molecule has 0 spiro atoms. The minimum atomic E-state index is -0.125. The van der Waals surface area contributed by atoms with Crippen molar-refractivity contribution in [1.29, 1.82) is 0 Å². The number of aliphatic hydroxyl groups is 1. The Labute approximate surface area is 98.5 Å². The molecule has 1 N–H and O–H groups in total.